The van der Waals surface area contributed by atoms with Crippen LogP contribution in [0.5, 0.6) is 0 Å². The van der Waals surface area contributed by atoms with Crippen molar-refractivity contribution >= 4 is 355 Å². The minimum absolute atomic E-state index is 0. The van der Waals surface area contributed by atoms with Crippen molar-refractivity contribution in [3.63, 3.8) is 0 Å². The fourth-order valence-corrected chi connectivity index (χ4v) is 116. The van der Waals surface area contributed by atoms with Crippen LogP contribution in [0.25, 0.3) is 0 Å². The second-order valence-corrected chi connectivity index (χ2v) is 36.5. The van der Waals surface area contributed by atoms with Gasteiger partial charge in [0.05, 0.1) is 0 Å². The number of rotatable bonds is 0. The molecule has 0 saturated carbocycles. The first-order valence-electron chi connectivity index (χ1n) is 1.22. The maximum absolute atomic E-state index is 2.30. The Hall–Kier alpha value is 12.7. The third-order valence-electron chi connectivity index (χ3n) is 0.250. The van der Waals surface area contributed by atoms with E-state index in [1.807, 2.05) is 0 Å². The van der Waals surface area contributed by atoms with Gasteiger partial charge in [0, 0.05) is 0 Å². The molecule has 0 bridgehead atoms. The van der Waals surface area contributed by atoms with Crippen LogP contribution in [0.1, 0.15) is 0 Å². The zero-order valence-electron chi connectivity index (χ0n) is 10.0. The summed E-state index contributed by atoms with van der Waals surface area (Å²) in [4.78, 5) is 0. The molecule has 0 aromatic rings. The van der Waals surface area contributed by atoms with E-state index in [9.17, 15) is 0 Å². The van der Waals surface area contributed by atoms with Gasteiger partial charge >= 0.3 is 290 Å². The molecular weight excluding hydrogens is 1150 g/mol. The van der Waals surface area contributed by atoms with Gasteiger partial charge in [-0.15, -0.1) is 0 Å². The first-order valence-corrected chi connectivity index (χ1v) is 19.1. The Labute approximate surface area is 383 Å². The fraction of sp³-hybridized carbons (Fsp3) is 0. The van der Waals surface area contributed by atoms with E-state index in [0.29, 0.717) is 39.4 Å². The van der Waals surface area contributed by atoms with E-state index in [2.05, 4.69) is 25.2 Å². The van der Waals surface area contributed by atoms with Gasteiger partial charge < -0.3 is 107 Å². The third kappa shape index (κ3) is 72.3. The Morgan fingerprint density at radius 2 is 0.579 bits per heavy atom. The van der Waals surface area contributed by atoms with E-state index < -0.39 is 0 Å². The van der Waals surface area contributed by atoms with Crippen molar-refractivity contribution in [2.45, 2.75) is 0 Å². The summed E-state index contributed by atoms with van der Waals surface area (Å²) in [7, 11) is 6.91. The van der Waals surface area contributed by atoms with Gasteiger partial charge in [0.25, 0.3) is 0 Å². The van der Waals surface area contributed by atoms with E-state index in [4.69, 9.17) is 0 Å². The average Bonchev–Trinajstić information content (AvgIpc) is 1.72. The van der Waals surface area contributed by atoms with Crippen molar-refractivity contribution < 1.29 is 42.0 Å². The Morgan fingerprint density at radius 3 is 0.632 bits per heavy atom. The summed E-state index contributed by atoms with van der Waals surface area (Å²) in [6.07, 6.45) is 0. The molecule has 1 saturated heterocycles. The van der Waals surface area contributed by atoms with Crippen LogP contribution < -0.4 is 42.0 Å². The van der Waals surface area contributed by atoms with E-state index >= 15 is 0 Å². The van der Waals surface area contributed by atoms with Gasteiger partial charge in [0.15, 0.2) is 0 Å². The molecule has 0 aliphatic carbocycles. The number of thiol groups is 6. The van der Waals surface area contributed by atoms with Crippen LogP contribution in [-0.2, 0) is 94.5 Å². The average molecular weight is 1150 g/mol. The van der Waals surface area contributed by atoms with E-state index in [0.717, 1.165) is 0 Å². The zero-order chi connectivity index (χ0) is 4.24. The Balaban J connectivity index is -0.00000000252. The molecule has 1 aliphatic heterocycles. The molecule has 94 valence electrons. The fourth-order valence-electron chi connectivity index (χ4n) is 0.114. The SMILES string of the molecule is [Ba+2].[Ba+2].[Ba+2].[Ba+2].[Cl-].[Na+].[S-2].[SH-].[SH-].[SH-].[SH-].[SH-].[SH-].[S]1[Ge][S][Ge][S][Ge]1. The summed E-state index contributed by atoms with van der Waals surface area (Å²) in [5.74, 6) is 0. The van der Waals surface area contributed by atoms with Crippen LogP contribution in [0.15, 0.2) is 0 Å². The van der Waals surface area contributed by atoms with Crippen molar-refractivity contribution in [2.24, 2.45) is 0 Å². The van der Waals surface area contributed by atoms with Crippen LogP contribution in [0.3, 0.4) is 0 Å². The third-order valence-corrected chi connectivity index (χ3v) is 60.8. The molecule has 1 rings (SSSR count). The van der Waals surface area contributed by atoms with Gasteiger partial charge in [-0.25, -0.2) is 0 Å². The summed E-state index contributed by atoms with van der Waals surface area (Å²) in [6.45, 7) is 0. The second kappa shape index (κ2) is 77.4. The topological polar surface area (TPSA) is 0 Å². The molecule has 0 spiro atoms. The maximum atomic E-state index is 2.30. The van der Waals surface area contributed by atoms with Crippen molar-refractivity contribution in [1.29, 1.82) is 0 Å². The van der Waals surface area contributed by atoms with E-state index in [1.54, 1.807) is 0 Å². The summed E-state index contributed by atoms with van der Waals surface area (Å²) in [6, 6.07) is 0. The number of hydrogen-bond acceptors (Lipinski definition) is 9. The molecule has 19 heavy (non-hydrogen) atoms. The van der Waals surface area contributed by atoms with Crippen molar-refractivity contribution in [3.8, 4) is 0 Å². The predicted molar refractivity (Wildman–Crippen MR) is 123 cm³/mol. The molecule has 1 aliphatic rings. The van der Waals surface area contributed by atoms with Gasteiger partial charge in [-0.05, 0) is 0 Å². The summed E-state index contributed by atoms with van der Waals surface area (Å²) in [5, 5.41) is 0. The zero-order valence-corrected chi connectivity index (χ0v) is 45.5. The first kappa shape index (κ1) is 85.4. The molecule has 1 fully saturated rings. The first-order chi connectivity index (χ1) is 3.00. The van der Waals surface area contributed by atoms with Gasteiger partial charge in [-0.3, -0.25) is 0 Å². The van der Waals surface area contributed by atoms with E-state index in [-0.39, 0.29) is 332 Å². The second-order valence-electron chi connectivity index (χ2n) is 0.556. The number of halogens is 1. The molecule has 0 unspecified atom stereocenters. The molecule has 0 N–H and O–H groups in total. The van der Waals surface area contributed by atoms with Gasteiger partial charge in [0.1, 0.15) is 0 Å². The van der Waals surface area contributed by atoms with Crippen molar-refractivity contribution in [3.05, 3.63) is 0 Å². The Morgan fingerprint density at radius 1 is 0.474 bits per heavy atom. The van der Waals surface area contributed by atoms with Crippen molar-refractivity contribution in [1.82, 2.24) is 0 Å². The standard InChI is InChI=1S/4Ba.ClH.Ge3S3.Na.6H2S.S/c;;;;;1-4-2-6-3-5-1;;;;;;;;/h;;;;1H;;;6*1H2;/q4*+2;;;+1;;;;;;;-2/p-7. The molecular formula is H6Ba4ClGe3NaS10. The Kier molecular flexibility index (Phi) is 348. The van der Waals surface area contributed by atoms with Gasteiger partial charge in [-0.1, -0.05) is 0 Å². The monoisotopic (exact) mass is 1160 g/mol. The van der Waals surface area contributed by atoms with Crippen LogP contribution in [0.4, 0.5) is 0 Å². The van der Waals surface area contributed by atoms with Crippen LogP contribution >= 0.6 is 25.2 Å². The quantitative estimate of drug-likeness (QED) is 0.131. The van der Waals surface area contributed by atoms with Gasteiger partial charge in [0.2, 0.25) is 0 Å². The van der Waals surface area contributed by atoms with E-state index in [1.165, 1.54) is 0 Å². The van der Waals surface area contributed by atoms with Crippen molar-refractivity contribution in [2.75, 3.05) is 0 Å². The molecule has 0 atom stereocenters. The van der Waals surface area contributed by atoms with Crippen LogP contribution in [0, 0.1) is 0 Å². The van der Waals surface area contributed by atoms with Crippen LogP contribution in [-0.4, -0.2) is 235 Å². The predicted octanol–water partition coefficient (Wildman–Crippen LogP) is -8.34. The minimum atomic E-state index is 0. The Bertz CT molecular complexity index is 50.2. The summed E-state index contributed by atoms with van der Waals surface area (Å²) < 4.78 is 0. The summed E-state index contributed by atoms with van der Waals surface area (Å²) >= 11 is 1.59. The molecule has 0 nitrogen and oxygen atoms in total. The molecule has 0 aromatic heterocycles. The van der Waals surface area contributed by atoms with Gasteiger partial charge in [-0.2, -0.15) is 0 Å². The molecule has 1 heterocycles. The number of hydrogen-bond donors (Lipinski definition) is 0. The van der Waals surface area contributed by atoms with Crippen LogP contribution in [0.2, 0.25) is 0 Å². The summed E-state index contributed by atoms with van der Waals surface area (Å²) in [5.41, 5.74) is 0. The molecule has 19 heteroatoms. The molecule has 6 radical (unpaired) electrons. The normalized spacial score (nSPS) is 7.58. The molecule has 0 aromatic carbocycles. The molecule has 0 amide bonds.